The van der Waals surface area contributed by atoms with Crippen LogP contribution >= 0.6 is 0 Å². The molecular formula is C20H26N2O5. The molecule has 2 N–H and O–H groups in total. The maximum atomic E-state index is 12.2. The lowest BCUT2D eigenvalue weighted by Crippen LogP contribution is -2.23. The van der Waals surface area contributed by atoms with Crippen molar-refractivity contribution in [1.29, 1.82) is 5.41 Å². The maximum Gasteiger partial charge on any atom is 0.305 e. The second-order valence-corrected chi connectivity index (χ2v) is 6.00. The van der Waals surface area contributed by atoms with E-state index in [1.165, 1.54) is 0 Å². The van der Waals surface area contributed by atoms with Crippen LogP contribution in [0, 0.1) is 5.41 Å². The fraction of sp³-hybridized carbons (Fsp3) is 0.450. The lowest BCUT2D eigenvalue weighted by atomic mass is 10.1. The first-order chi connectivity index (χ1) is 13.0. The van der Waals surface area contributed by atoms with Gasteiger partial charge in [0.25, 0.3) is 5.91 Å². The normalized spacial score (nSPS) is 10.6. The summed E-state index contributed by atoms with van der Waals surface area (Å²) >= 11 is 0. The van der Waals surface area contributed by atoms with Crippen LogP contribution in [-0.4, -0.2) is 37.5 Å². The van der Waals surface area contributed by atoms with Crippen molar-refractivity contribution in [2.24, 2.45) is 0 Å². The van der Waals surface area contributed by atoms with Gasteiger partial charge in [0.15, 0.2) is 5.76 Å². The zero-order valence-electron chi connectivity index (χ0n) is 15.8. The van der Waals surface area contributed by atoms with Gasteiger partial charge in [0, 0.05) is 23.9 Å². The van der Waals surface area contributed by atoms with Gasteiger partial charge in [-0.1, -0.05) is 6.42 Å². The first-order valence-electron chi connectivity index (χ1n) is 9.24. The second kappa shape index (κ2) is 10.4. The number of hydrogen-bond donors (Lipinski definition) is 2. The highest BCUT2D eigenvalue weighted by Gasteiger charge is 2.13. The van der Waals surface area contributed by atoms with Crippen molar-refractivity contribution in [2.75, 3.05) is 19.8 Å². The molecule has 0 radical (unpaired) electrons. The molecule has 1 aromatic carbocycles. The second-order valence-electron chi connectivity index (χ2n) is 6.00. The first-order valence-corrected chi connectivity index (χ1v) is 9.24. The monoisotopic (exact) mass is 374 g/mol. The molecule has 1 heterocycles. The number of esters is 1. The number of unbranched alkanes of at least 4 members (excludes halogenated alkanes) is 2. The Morgan fingerprint density at radius 1 is 1.07 bits per heavy atom. The van der Waals surface area contributed by atoms with Gasteiger partial charge >= 0.3 is 5.97 Å². The van der Waals surface area contributed by atoms with Crippen LogP contribution in [0.5, 0.6) is 0 Å². The van der Waals surface area contributed by atoms with Crippen LogP contribution in [-0.2, 0) is 14.3 Å². The maximum absolute atomic E-state index is 12.2. The van der Waals surface area contributed by atoms with E-state index in [2.05, 4.69) is 5.32 Å². The van der Waals surface area contributed by atoms with Gasteiger partial charge in [-0.3, -0.25) is 15.0 Å². The molecule has 1 amide bonds. The fourth-order valence-corrected chi connectivity index (χ4v) is 2.62. The quantitative estimate of drug-likeness (QED) is 0.286. The van der Waals surface area contributed by atoms with Crippen LogP contribution in [0.2, 0.25) is 0 Å². The lowest BCUT2D eigenvalue weighted by Gasteiger charge is -2.03. The Morgan fingerprint density at radius 3 is 2.59 bits per heavy atom. The van der Waals surface area contributed by atoms with Gasteiger partial charge in [-0.2, -0.15) is 0 Å². The highest BCUT2D eigenvalue weighted by Crippen LogP contribution is 2.21. The Hall–Kier alpha value is -2.83. The largest absolute Gasteiger partial charge is 0.478 e. The predicted molar refractivity (Wildman–Crippen MR) is 102 cm³/mol. The van der Waals surface area contributed by atoms with Crippen LogP contribution in [0.3, 0.4) is 0 Å². The van der Waals surface area contributed by atoms with Gasteiger partial charge < -0.3 is 19.2 Å². The number of amides is 1. The fourth-order valence-electron chi connectivity index (χ4n) is 2.62. The van der Waals surface area contributed by atoms with E-state index in [-0.39, 0.29) is 23.5 Å². The summed E-state index contributed by atoms with van der Waals surface area (Å²) in [5.74, 6) is -0.135. The summed E-state index contributed by atoms with van der Waals surface area (Å²) in [5, 5.41) is 11.4. The van der Waals surface area contributed by atoms with Crippen molar-refractivity contribution in [3.63, 3.8) is 0 Å². The van der Waals surface area contributed by atoms with E-state index >= 15 is 0 Å². The average Bonchev–Trinajstić information content (AvgIpc) is 3.08. The number of ether oxygens (including phenoxy) is 2. The Morgan fingerprint density at radius 2 is 1.85 bits per heavy atom. The molecule has 0 aliphatic rings. The van der Waals surface area contributed by atoms with E-state index in [0.717, 1.165) is 24.6 Å². The molecule has 0 fully saturated rings. The molecule has 0 aliphatic heterocycles. The molecule has 0 bridgehead atoms. The molecule has 0 spiro atoms. The summed E-state index contributed by atoms with van der Waals surface area (Å²) in [6.45, 7) is 4.95. The van der Waals surface area contributed by atoms with Crippen LogP contribution < -0.4 is 5.32 Å². The first kappa shape index (κ1) is 20.5. The number of furan rings is 1. The van der Waals surface area contributed by atoms with Crippen molar-refractivity contribution in [3.8, 4) is 0 Å². The van der Waals surface area contributed by atoms with Crippen LogP contribution in [0.15, 0.2) is 28.7 Å². The molecule has 7 heteroatoms. The molecule has 2 rings (SSSR count). The van der Waals surface area contributed by atoms with Gasteiger partial charge in [0.05, 0.1) is 13.2 Å². The Bertz CT molecular complexity index is 797. The van der Waals surface area contributed by atoms with Crippen molar-refractivity contribution in [1.82, 2.24) is 5.32 Å². The standard InChI is InChI=1S/C20H26N2O5/c1-3-25-18(23)8-6-5-7-11-22-20(24)17-13-15-12-14(19(21)26-4-2)9-10-16(15)27-17/h9-10,12-13,21H,3-8,11H2,1-2H3,(H,22,24). The molecule has 7 nitrogen and oxygen atoms in total. The van der Waals surface area contributed by atoms with E-state index in [1.54, 1.807) is 31.2 Å². The van der Waals surface area contributed by atoms with Crippen LogP contribution in [0.1, 0.15) is 55.6 Å². The van der Waals surface area contributed by atoms with E-state index in [9.17, 15) is 9.59 Å². The van der Waals surface area contributed by atoms with Crippen molar-refractivity contribution < 1.29 is 23.5 Å². The molecule has 0 saturated carbocycles. The highest BCUT2D eigenvalue weighted by molar-refractivity contribution is 5.99. The summed E-state index contributed by atoms with van der Waals surface area (Å²) in [6, 6.07) is 6.89. The number of carbonyl (C=O) groups is 2. The topological polar surface area (TPSA) is 102 Å². The SMILES string of the molecule is CCOC(=N)c1ccc2oc(C(=O)NCCCCCC(=O)OCC)cc2c1. The van der Waals surface area contributed by atoms with Gasteiger partial charge in [-0.05, 0) is 51.0 Å². The zero-order valence-corrected chi connectivity index (χ0v) is 15.8. The van der Waals surface area contributed by atoms with E-state index in [0.29, 0.717) is 37.3 Å². The third-order valence-electron chi connectivity index (χ3n) is 3.94. The summed E-state index contributed by atoms with van der Waals surface area (Å²) in [5.41, 5.74) is 1.22. The van der Waals surface area contributed by atoms with Gasteiger partial charge in [-0.15, -0.1) is 0 Å². The molecule has 0 aliphatic carbocycles. The third kappa shape index (κ3) is 6.13. The Kier molecular flexibility index (Phi) is 7.85. The zero-order chi connectivity index (χ0) is 19.6. The highest BCUT2D eigenvalue weighted by atomic mass is 16.5. The molecule has 2 aromatic rings. The number of rotatable bonds is 10. The van der Waals surface area contributed by atoms with E-state index in [4.69, 9.17) is 19.3 Å². The number of nitrogens with one attached hydrogen (secondary N) is 2. The lowest BCUT2D eigenvalue weighted by molar-refractivity contribution is -0.143. The molecule has 0 unspecified atom stereocenters. The van der Waals surface area contributed by atoms with Crippen molar-refractivity contribution in [3.05, 3.63) is 35.6 Å². The summed E-state index contributed by atoms with van der Waals surface area (Å²) in [7, 11) is 0. The Balaban J connectivity index is 1.81. The van der Waals surface area contributed by atoms with E-state index < -0.39 is 0 Å². The summed E-state index contributed by atoms with van der Waals surface area (Å²) < 4.78 is 15.6. The van der Waals surface area contributed by atoms with Crippen molar-refractivity contribution in [2.45, 2.75) is 39.5 Å². The molecule has 27 heavy (non-hydrogen) atoms. The summed E-state index contributed by atoms with van der Waals surface area (Å²) in [6.07, 6.45) is 2.77. The molecular weight excluding hydrogens is 348 g/mol. The minimum absolute atomic E-state index is 0.0921. The van der Waals surface area contributed by atoms with Crippen molar-refractivity contribution >= 4 is 28.7 Å². The van der Waals surface area contributed by atoms with E-state index in [1.807, 2.05) is 6.92 Å². The molecule has 1 aromatic heterocycles. The predicted octanol–water partition coefficient (Wildman–Crippen LogP) is 3.65. The Labute approximate surface area is 158 Å². The number of carbonyl (C=O) groups excluding carboxylic acids is 2. The van der Waals surface area contributed by atoms with Crippen LogP contribution in [0.25, 0.3) is 11.0 Å². The molecule has 0 saturated heterocycles. The third-order valence-corrected chi connectivity index (χ3v) is 3.94. The molecule has 146 valence electrons. The smallest absolute Gasteiger partial charge is 0.305 e. The minimum Gasteiger partial charge on any atom is -0.478 e. The average molecular weight is 374 g/mol. The number of benzene rings is 1. The van der Waals surface area contributed by atoms with Gasteiger partial charge in [0.2, 0.25) is 5.90 Å². The number of fused-ring (bicyclic) bond motifs is 1. The summed E-state index contributed by atoms with van der Waals surface area (Å²) in [4.78, 5) is 23.4. The minimum atomic E-state index is -0.280. The van der Waals surface area contributed by atoms with Gasteiger partial charge in [0.1, 0.15) is 5.58 Å². The number of hydrogen-bond acceptors (Lipinski definition) is 6. The van der Waals surface area contributed by atoms with Crippen LogP contribution in [0.4, 0.5) is 0 Å². The molecule has 0 atom stereocenters. The van der Waals surface area contributed by atoms with Gasteiger partial charge in [-0.25, -0.2) is 0 Å².